The summed E-state index contributed by atoms with van der Waals surface area (Å²) < 4.78 is 10.2. The topological polar surface area (TPSA) is 18.5 Å². The van der Waals surface area contributed by atoms with Crippen LogP contribution in [0, 0.1) is 5.92 Å². The lowest BCUT2D eigenvalue weighted by molar-refractivity contribution is 0.0558. The van der Waals surface area contributed by atoms with E-state index in [4.69, 9.17) is 9.47 Å². The molecule has 3 heteroatoms. The zero-order chi connectivity index (χ0) is 9.23. The summed E-state index contributed by atoms with van der Waals surface area (Å²) in [4.78, 5) is 0. The van der Waals surface area contributed by atoms with Gasteiger partial charge in [0, 0.05) is 12.4 Å². The molecule has 0 rings (SSSR count). The van der Waals surface area contributed by atoms with Gasteiger partial charge in [0.15, 0.2) is 0 Å². The minimum Gasteiger partial charge on any atom is -0.382 e. The molecule has 0 heterocycles. The standard InChI is InChI=1S/C9H17BrO2/c1-3-4-9(7-10)8-12-6-5-11-2/h3,9H,1,4-8H2,2H3. The monoisotopic (exact) mass is 236 g/mol. The summed E-state index contributed by atoms with van der Waals surface area (Å²) in [6, 6.07) is 0. The third-order valence-corrected chi connectivity index (χ3v) is 2.42. The van der Waals surface area contributed by atoms with Gasteiger partial charge in [-0.15, -0.1) is 6.58 Å². The molecule has 0 amide bonds. The van der Waals surface area contributed by atoms with Gasteiger partial charge in [0.1, 0.15) is 0 Å². The Bertz CT molecular complexity index is 107. The molecule has 0 aromatic carbocycles. The van der Waals surface area contributed by atoms with Crippen LogP contribution in [-0.4, -0.2) is 32.3 Å². The summed E-state index contributed by atoms with van der Waals surface area (Å²) >= 11 is 3.43. The van der Waals surface area contributed by atoms with Gasteiger partial charge in [-0.05, 0) is 12.3 Å². The van der Waals surface area contributed by atoms with E-state index in [0.717, 1.165) is 18.4 Å². The number of ether oxygens (including phenoxy) is 2. The van der Waals surface area contributed by atoms with Crippen LogP contribution in [0.15, 0.2) is 12.7 Å². The summed E-state index contributed by atoms with van der Waals surface area (Å²) in [6.45, 7) is 5.82. The molecule has 12 heavy (non-hydrogen) atoms. The average Bonchev–Trinajstić information content (AvgIpc) is 2.10. The number of allylic oxidation sites excluding steroid dienone is 1. The molecule has 72 valence electrons. The van der Waals surface area contributed by atoms with Gasteiger partial charge in [-0.3, -0.25) is 0 Å². The molecule has 0 fully saturated rings. The van der Waals surface area contributed by atoms with E-state index in [1.54, 1.807) is 7.11 Å². The first-order chi connectivity index (χ1) is 5.85. The van der Waals surface area contributed by atoms with Crippen LogP contribution in [0.3, 0.4) is 0 Å². The summed E-state index contributed by atoms with van der Waals surface area (Å²) in [7, 11) is 1.68. The van der Waals surface area contributed by atoms with Gasteiger partial charge >= 0.3 is 0 Å². The lowest BCUT2D eigenvalue weighted by atomic mass is 10.1. The van der Waals surface area contributed by atoms with Gasteiger partial charge in [0.2, 0.25) is 0 Å². The minimum absolute atomic E-state index is 0.541. The van der Waals surface area contributed by atoms with Crippen molar-refractivity contribution in [3.05, 3.63) is 12.7 Å². The van der Waals surface area contributed by atoms with E-state index in [2.05, 4.69) is 22.5 Å². The van der Waals surface area contributed by atoms with E-state index < -0.39 is 0 Å². The predicted octanol–water partition coefficient (Wildman–Crippen LogP) is 2.24. The van der Waals surface area contributed by atoms with Crippen LogP contribution >= 0.6 is 15.9 Å². The van der Waals surface area contributed by atoms with Crippen molar-refractivity contribution in [1.82, 2.24) is 0 Å². The van der Waals surface area contributed by atoms with Gasteiger partial charge in [0.05, 0.1) is 19.8 Å². The zero-order valence-corrected chi connectivity index (χ0v) is 9.18. The fraction of sp³-hybridized carbons (Fsp3) is 0.778. The predicted molar refractivity (Wildman–Crippen MR) is 54.8 cm³/mol. The van der Waals surface area contributed by atoms with E-state index in [1.165, 1.54) is 0 Å². The number of hydrogen-bond acceptors (Lipinski definition) is 2. The van der Waals surface area contributed by atoms with Crippen LogP contribution in [0.1, 0.15) is 6.42 Å². The van der Waals surface area contributed by atoms with Crippen molar-refractivity contribution < 1.29 is 9.47 Å². The third-order valence-electron chi connectivity index (χ3n) is 1.50. The molecule has 0 aromatic rings. The molecule has 0 spiro atoms. The van der Waals surface area contributed by atoms with Crippen LogP contribution in [-0.2, 0) is 9.47 Å². The fourth-order valence-electron chi connectivity index (χ4n) is 0.804. The van der Waals surface area contributed by atoms with Gasteiger partial charge in [-0.2, -0.15) is 0 Å². The molecule has 2 nitrogen and oxygen atoms in total. The Morgan fingerprint density at radius 1 is 1.50 bits per heavy atom. The van der Waals surface area contributed by atoms with Crippen molar-refractivity contribution in [2.75, 3.05) is 32.3 Å². The highest BCUT2D eigenvalue weighted by molar-refractivity contribution is 9.09. The molecule has 0 aliphatic carbocycles. The molecule has 0 aromatic heterocycles. The van der Waals surface area contributed by atoms with E-state index >= 15 is 0 Å². The SMILES string of the molecule is C=CCC(CBr)COCCOC. The smallest absolute Gasteiger partial charge is 0.0700 e. The van der Waals surface area contributed by atoms with Crippen molar-refractivity contribution in [3.63, 3.8) is 0 Å². The Labute approximate surface area is 83.1 Å². The van der Waals surface area contributed by atoms with Crippen molar-refractivity contribution in [2.24, 2.45) is 5.92 Å². The largest absolute Gasteiger partial charge is 0.382 e. The highest BCUT2D eigenvalue weighted by Gasteiger charge is 2.04. The van der Waals surface area contributed by atoms with Crippen LogP contribution < -0.4 is 0 Å². The first-order valence-corrected chi connectivity index (χ1v) is 5.20. The second kappa shape index (κ2) is 9.23. The van der Waals surface area contributed by atoms with Gasteiger partial charge in [0.25, 0.3) is 0 Å². The second-order valence-electron chi connectivity index (χ2n) is 2.61. The Morgan fingerprint density at radius 2 is 2.25 bits per heavy atom. The summed E-state index contributed by atoms with van der Waals surface area (Å²) in [5.41, 5.74) is 0. The molecule has 0 aliphatic heterocycles. The van der Waals surface area contributed by atoms with Gasteiger partial charge < -0.3 is 9.47 Å². The normalized spacial score (nSPS) is 12.8. The molecule has 0 saturated carbocycles. The lowest BCUT2D eigenvalue weighted by Crippen LogP contribution is -2.12. The van der Waals surface area contributed by atoms with E-state index in [0.29, 0.717) is 19.1 Å². The molecule has 0 bridgehead atoms. The number of rotatable bonds is 8. The first kappa shape index (κ1) is 12.1. The summed E-state index contributed by atoms with van der Waals surface area (Å²) in [6.07, 6.45) is 2.92. The molecule has 0 N–H and O–H groups in total. The molecule has 0 saturated heterocycles. The maximum atomic E-state index is 5.38. The Kier molecular flexibility index (Phi) is 9.34. The summed E-state index contributed by atoms with van der Waals surface area (Å²) in [5, 5.41) is 0.964. The molecular weight excluding hydrogens is 220 g/mol. The number of halogens is 1. The second-order valence-corrected chi connectivity index (χ2v) is 3.26. The van der Waals surface area contributed by atoms with E-state index in [9.17, 15) is 0 Å². The van der Waals surface area contributed by atoms with Crippen LogP contribution in [0.5, 0.6) is 0 Å². The van der Waals surface area contributed by atoms with Crippen LogP contribution in [0.4, 0.5) is 0 Å². The zero-order valence-electron chi connectivity index (χ0n) is 7.59. The van der Waals surface area contributed by atoms with Gasteiger partial charge in [-0.25, -0.2) is 0 Å². The summed E-state index contributed by atoms with van der Waals surface area (Å²) in [5.74, 6) is 0.541. The third kappa shape index (κ3) is 6.83. The van der Waals surface area contributed by atoms with Crippen molar-refractivity contribution >= 4 is 15.9 Å². The number of hydrogen-bond donors (Lipinski definition) is 0. The Balaban J connectivity index is 3.25. The molecule has 0 radical (unpaired) electrons. The Morgan fingerprint density at radius 3 is 2.75 bits per heavy atom. The van der Waals surface area contributed by atoms with E-state index in [1.807, 2.05) is 6.08 Å². The molecule has 1 unspecified atom stereocenters. The highest BCUT2D eigenvalue weighted by atomic mass is 79.9. The first-order valence-electron chi connectivity index (χ1n) is 4.08. The number of alkyl halides is 1. The Hall–Kier alpha value is 0.140. The molecule has 0 aliphatic rings. The van der Waals surface area contributed by atoms with Gasteiger partial charge in [-0.1, -0.05) is 22.0 Å². The minimum atomic E-state index is 0.541. The lowest BCUT2D eigenvalue weighted by Gasteiger charge is -2.11. The quantitative estimate of drug-likeness (QED) is 0.366. The van der Waals surface area contributed by atoms with Crippen LogP contribution in [0.2, 0.25) is 0 Å². The average molecular weight is 237 g/mol. The molecular formula is C9H17BrO2. The highest BCUT2D eigenvalue weighted by Crippen LogP contribution is 2.07. The maximum absolute atomic E-state index is 5.38. The van der Waals surface area contributed by atoms with Crippen LogP contribution in [0.25, 0.3) is 0 Å². The fourth-order valence-corrected chi connectivity index (χ4v) is 1.25. The number of methoxy groups -OCH3 is 1. The van der Waals surface area contributed by atoms with Crippen molar-refractivity contribution in [3.8, 4) is 0 Å². The van der Waals surface area contributed by atoms with Crippen molar-refractivity contribution in [2.45, 2.75) is 6.42 Å². The van der Waals surface area contributed by atoms with E-state index in [-0.39, 0.29) is 0 Å². The van der Waals surface area contributed by atoms with Crippen molar-refractivity contribution in [1.29, 1.82) is 0 Å². The molecule has 1 atom stereocenters. The maximum Gasteiger partial charge on any atom is 0.0700 e.